The Hall–Kier alpha value is -0.643. The normalized spacial score (nSPS) is 11.2. The molecule has 0 aliphatic heterocycles. The van der Waals surface area contributed by atoms with Crippen LogP contribution in [0.5, 0.6) is 0 Å². The van der Waals surface area contributed by atoms with Crippen LogP contribution in [0.1, 0.15) is 12.5 Å². The monoisotopic (exact) mass is 196 g/mol. The maximum atomic E-state index is 5.39. The summed E-state index contributed by atoms with van der Waals surface area (Å²) in [7, 11) is -0.432. The standard InChI is InChI=1S/C10H16O2Si/c1-2-11-9-12-13-8-10-6-4-3-5-7-10/h3-7H,2,8-9,13H2,1H3. The molecule has 0 aromatic heterocycles. The van der Waals surface area contributed by atoms with Crippen LogP contribution in [0.3, 0.4) is 0 Å². The Kier molecular flexibility index (Phi) is 5.48. The molecule has 1 aromatic rings. The zero-order valence-corrected chi connectivity index (χ0v) is 9.45. The largest absolute Gasteiger partial charge is 0.402 e. The third kappa shape index (κ3) is 4.82. The van der Waals surface area contributed by atoms with Crippen LogP contribution in [-0.4, -0.2) is 23.2 Å². The molecule has 0 unspecified atom stereocenters. The fourth-order valence-corrected chi connectivity index (χ4v) is 1.98. The zero-order valence-electron chi connectivity index (χ0n) is 8.03. The minimum Gasteiger partial charge on any atom is -0.402 e. The Morgan fingerprint density at radius 3 is 2.69 bits per heavy atom. The van der Waals surface area contributed by atoms with Gasteiger partial charge in [-0.3, -0.25) is 0 Å². The summed E-state index contributed by atoms with van der Waals surface area (Å²) in [5.74, 6) is 0. The highest BCUT2D eigenvalue weighted by Gasteiger charge is 1.92. The van der Waals surface area contributed by atoms with Crippen molar-refractivity contribution in [3.63, 3.8) is 0 Å². The number of ether oxygens (including phenoxy) is 1. The van der Waals surface area contributed by atoms with Crippen LogP contribution in [0.2, 0.25) is 0 Å². The maximum Gasteiger partial charge on any atom is 0.168 e. The number of benzene rings is 1. The maximum absolute atomic E-state index is 5.39. The second kappa shape index (κ2) is 6.83. The van der Waals surface area contributed by atoms with Gasteiger partial charge in [-0.2, -0.15) is 0 Å². The third-order valence-corrected chi connectivity index (χ3v) is 2.99. The fourth-order valence-electron chi connectivity index (χ4n) is 1.04. The lowest BCUT2D eigenvalue weighted by molar-refractivity contribution is 0.0241. The van der Waals surface area contributed by atoms with Crippen molar-refractivity contribution in [2.45, 2.75) is 13.0 Å². The molecule has 0 amide bonds. The molecule has 1 aromatic carbocycles. The summed E-state index contributed by atoms with van der Waals surface area (Å²) in [5.41, 5.74) is 1.37. The van der Waals surface area contributed by atoms with E-state index in [0.717, 1.165) is 12.7 Å². The molecule has 13 heavy (non-hydrogen) atoms. The molecule has 0 aliphatic rings. The highest BCUT2D eigenvalue weighted by atomic mass is 28.2. The van der Waals surface area contributed by atoms with Crippen molar-refractivity contribution in [2.75, 3.05) is 13.4 Å². The predicted molar refractivity (Wildman–Crippen MR) is 56.3 cm³/mol. The van der Waals surface area contributed by atoms with Crippen molar-refractivity contribution < 1.29 is 9.16 Å². The molecule has 0 radical (unpaired) electrons. The van der Waals surface area contributed by atoms with Crippen molar-refractivity contribution >= 4 is 9.76 Å². The second-order valence-electron chi connectivity index (χ2n) is 2.75. The second-order valence-corrected chi connectivity index (χ2v) is 4.07. The van der Waals surface area contributed by atoms with Crippen LogP contribution < -0.4 is 0 Å². The van der Waals surface area contributed by atoms with Crippen LogP contribution in [0.25, 0.3) is 0 Å². The van der Waals surface area contributed by atoms with Crippen LogP contribution in [0, 0.1) is 0 Å². The molecule has 1 rings (SSSR count). The highest BCUT2D eigenvalue weighted by molar-refractivity contribution is 6.26. The summed E-state index contributed by atoms with van der Waals surface area (Å²) < 4.78 is 10.5. The van der Waals surface area contributed by atoms with E-state index in [4.69, 9.17) is 9.16 Å². The molecular formula is C10H16O2Si. The molecule has 0 fully saturated rings. The average molecular weight is 196 g/mol. The van der Waals surface area contributed by atoms with E-state index in [1.165, 1.54) is 5.56 Å². The smallest absolute Gasteiger partial charge is 0.168 e. The van der Waals surface area contributed by atoms with Gasteiger partial charge in [-0.15, -0.1) is 0 Å². The minimum absolute atomic E-state index is 0.432. The lowest BCUT2D eigenvalue weighted by Gasteiger charge is -2.03. The van der Waals surface area contributed by atoms with Crippen molar-refractivity contribution in [1.82, 2.24) is 0 Å². The molecule has 0 atom stereocenters. The SMILES string of the molecule is CCOCO[SiH2]Cc1ccccc1. The van der Waals surface area contributed by atoms with E-state index in [2.05, 4.69) is 24.3 Å². The summed E-state index contributed by atoms with van der Waals surface area (Å²) in [5, 5.41) is 0. The average Bonchev–Trinajstić information content (AvgIpc) is 2.19. The van der Waals surface area contributed by atoms with E-state index in [1.807, 2.05) is 13.0 Å². The quantitative estimate of drug-likeness (QED) is 0.388. The Bertz CT molecular complexity index is 213. The number of rotatable bonds is 6. The van der Waals surface area contributed by atoms with Gasteiger partial charge in [0.05, 0.1) is 0 Å². The molecule has 72 valence electrons. The first-order valence-electron chi connectivity index (χ1n) is 4.63. The van der Waals surface area contributed by atoms with Crippen molar-refractivity contribution in [1.29, 1.82) is 0 Å². The Labute approximate surface area is 81.8 Å². The zero-order chi connectivity index (χ0) is 9.36. The van der Waals surface area contributed by atoms with Crippen LogP contribution in [-0.2, 0) is 15.2 Å². The molecule has 2 nitrogen and oxygen atoms in total. The topological polar surface area (TPSA) is 18.5 Å². The van der Waals surface area contributed by atoms with E-state index in [-0.39, 0.29) is 0 Å². The van der Waals surface area contributed by atoms with Crippen LogP contribution in [0.15, 0.2) is 30.3 Å². The van der Waals surface area contributed by atoms with Gasteiger partial charge in [-0.05, 0) is 18.5 Å². The van der Waals surface area contributed by atoms with E-state index >= 15 is 0 Å². The van der Waals surface area contributed by atoms with E-state index in [1.54, 1.807) is 0 Å². The summed E-state index contributed by atoms with van der Waals surface area (Å²) in [4.78, 5) is 0. The van der Waals surface area contributed by atoms with Gasteiger partial charge in [0.15, 0.2) is 9.76 Å². The van der Waals surface area contributed by atoms with Crippen molar-refractivity contribution in [2.24, 2.45) is 0 Å². The van der Waals surface area contributed by atoms with Gasteiger partial charge in [-0.25, -0.2) is 0 Å². The van der Waals surface area contributed by atoms with Gasteiger partial charge in [0.25, 0.3) is 0 Å². The lowest BCUT2D eigenvalue weighted by Crippen LogP contribution is -2.06. The van der Waals surface area contributed by atoms with Gasteiger partial charge >= 0.3 is 0 Å². The summed E-state index contributed by atoms with van der Waals surface area (Å²) in [6.07, 6.45) is 0. The third-order valence-electron chi connectivity index (χ3n) is 1.75. The first kappa shape index (κ1) is 10.4. The van der Waals surface area contributed by atoms with E-state index < -0.39 is 9.76 Å². The van der Waals surface area contributed by atoms with Crippen molar-refractivity contribution in [3.05, 3.63) is 35.9 Å². The molecule has 0 saturated carbocycles. The summed E-state index contributed by atoms with van der Waals surface area (Å²) >= 11 is 0. The Balaban J connectivity index is 2.07. The number of hydrogen-bond donors (Lipinski definition) is 0. The molecular weight excluding hydrogens is 180 g/mol. The van der Waals surface area contributed by atoms with Gasteiger partial charge in [-0.1, -0.05) is 30.3 Å². The number of hydrogen-bond acceptors (Lipinski definition) is 2. The van der Waals surface area contributed by atoms with Gasteiger partial charge < -0.3 is 9.16 Å². The highest BCUT2D eigenvalue weighted by Crippen LogP contribution is 1.98. The molecule has 0 spiro atoms. The van der Waals surface area contributed by atoms with E-state index in [0.29, 0.717) is 6.79 Å². The minimum atomic E-state index is -0.432. The lowest BCUT2D eigenvalue weighted by atomic mass is 10.2. The van der Waals surface area contributed by atoms with E-state index in [9.17, 15) is 0 Å². The summed E-state index contributed by atoms with van der Waals surface area (Å²) in [6.45, 7) is 3.18. The van der Waals surface area contributed by atoms with Gasteiger partial charge in [0.2, 0.25) is 0 Å². The molecule has 0 N–H and O–H groups in total. The Morgan fingerprint density at radius 2 is 2.00 bits per heavy atom. The first-order chi connectivity index (χ1) is 6.43. The first-order valence-corrected chi connectivity index (χ1v) is 6.20. The van der Waals surface area contributed by atoms with Crippen molar-refractivity contribution in [3.8, 4) is 0 Å². The molecule has 0 heterocycles. The van der Waals surface area contributed by atoms with Crippen LogP contribution >= 0.6 is 0 Å². The van der Waals surface area contributed by atoms with Gasteiger partial charge in [0, 0.05) is 6.61 Å². The molecule has 0 bridgehead atoms. The van der Waals surface area contributed by atoms with Gasteiger partial charge in [0.1, 0.15) is 6.79 Å². The molecule has 0 aliphatic carbocycles. The van der Waals surface area contributed by atoms with Crippen LogP contribution in [0.4, 0.5) is 0 Å². The fraction of sp³-hybridized carbons (Fsp3) is 0.400. The predicted octanol–water partition coefficient (Wildman–Crippen LogP) is 1.28. The molecule has 0 saturated heterocycles. The molecule has 3 heteroatoms. The summed E-state index contributed by atoms with van der Waals surface area (Å²) in [6, 6.07) is 11.5. The Morgan fingerprint density at radius 1 is 1.23 bits per heavy atom.